The molecule has 0 unspecified atom stereocenters. The predicted molar refractivity (Wildman–Crippen MR) is 47.5 cm³/mol. The average molecular weight is 181 g/mol. The third-order valence-electron chi connectivity index (χ3n) is 1.61. The van der Waals surface area contributed by atoms with Crippen LogP contribution in [0.5, 0.6) is 5.75 Å². The van der Waals surface area contributed by atoms with Crippen LogP contribution in [0.4, 0.5) is 5.69 Å². The molecule has 0 saturated carbocycles. The second kappa shape index (κ2) is 2.71. The van der Waals surface area contributed by atoms with Gasteiger partial charge in [-0.2, -0.15) is 0 Å². The van der Waals surface area contributed by atoms with Gasteiger partial charge < -0.3 is 10.4 Å². The number of anilines is 1. The maximum Gasteiger partial charge on any atom is 0.212 e. The third-order valence-corrected chi connectivity index (χ3v) is 2.54. The van der Waals surface area contributed by atoms with Gasteiger partial charge >= 0.3 is 0 Å². The first-order valence-electron chi connectivity index (χ1n) is 3.53. The zero-order valence-corrected chi connectivity index (χ0v) is 7.02. The normalized spacial score (nSPS) is 15.2. The van der Waals surface area contributed by atoms with Crippen LogP contribution < -0.4 is 5.32 Å². The molecule has 0 aliphatic carbocycles. The molecule has 1 aromatic rings. The highest BCUT2D eigenvalue weighted by Crippen LogP contribution is 2.33. The fourth-order valence-corrected chi connectivity index (χ4v) is 1.89. The van der Waals surface area contributed by atoms with E-state index in [1.54, 1.807) is 18.2 Å². The minimum absolute atomic E-state index is 0.0769. The predicted octanol–water partition coefficient (Wildman–Crippen LogP) is 1.44. The number of thioether (sulfide) groups is 1. The summed E-state index contributed by atoms with van der Waals surface area (Å²) < 4.78 is 0. The van der Waals surface area contributed by atoms with E-state index in [1.165, 1.54) is 0 Å². The number of carbonyl (C=O) groups is 1. The van der Waals surface area contributed by atoms with Crippen molar-refractivity contribution in [2.75, 3.05) is 11.9 Å². The molecule has 2 rings (SSSR count). The molecule has 62 valence electrons. The molecule has 1 aromatic carbocycles. The van der Waals surface area contributed by atoms with Gasteiger partial charge in [-0.05, 0) is 30.0 Å². The Hall–Kier alpha value is -1.16. The Morgan fingerprint density at radius 3 is 3.17 bits per heavy atom. The van der Waals surface area contributed by atoms with Gasteiger partial charge in [0.2, 0.25) is 5.12 Å². The Morgan fingerprint density at radius 1 is 1.50 bits per heavy atom. The lowest BCUT2D eigenvalue weighted by atomic mass is 10.3. The van der Waals surface area contributed by atoms with Gasteiger partial charge in [-0.3, -0.25) is 4.79 Å². The summed E-state index contributed by atoms with van der Waals surface area (Å²) in [4.78, 5) is 11.8. The van der Waals surface area contributed by atoms with Crippen LogP contribution in [0.25, 0.3) is 0 Å². The molecule has 0 radical (unpaired) electrons. The van der Waals surface area contributed by atoms with Crippen LogP contribution in [0.2, 0.25) is 0 Å². The second-order valence-electron chi connectivity index (χ2n) is 2.51. The first kappa shape index (κ1) is 7.49. The van der Waals surface area contributed by atoms with Crippen LogP contribution in [0, 0.1) is 0 Å². The summed E-state index contributed by atoms with van der Waals surface area (Å²) in [5.74, 6) is 0.192. The molecule has 4 heteroatoms. The van der Waals surface area contributed by atoms with E-state index < -0.39 is 0 Å². The van der Waals surface area contributed by atoms with E-state index >= 15 is 0 Å². The zero-order valence-electron chi connectivity index (χ0n) is 6.20. The van der Waals surface area contributed by atoms with E-state index in [1.807, 2.05) is 0 Å². The van der Waals surface area contributed by atoms with Crippen LogP contribution in [-0.4, -0.2) is 16.8 Å². The number of fused-ring (bicyclic) bond motifs is 1. The quantitative estimate of drug-likeness (QED) is 0.594. The molecule has 2 N–H and O–H groups in total. The molecule has 1 heterocycles. The van der Waals surface area contributed by atoms with Gasteiger partial charge in [0.25, 0.3) is 0 Å². The van der Waals surface area contributed by atoms with Crippen molar-refractivity contribution in [2.24, 2.45) is 0 Å². The fourth-order valence-electron chi connectivity index (χ4n) is 1.07. The monoisotopic (exact) mass is 181 g/mol. The largest absolute Gasteiger partial charge is 0.508 e. The van der Waals surface area contributed by atoms with Crippen molar-refractivity contribution in [3.05, 3.63) is 18.2 Å². The van der Waals surface area contributed by atoms with Gasteiger partial charge in [0.1, 0.15) is 5.75 Å². The molecule has 0 amide bonds. The third kappa shape index (κ3) is 1.25. The van der Waals surface area contributed by atoms with Crippen LogP contribution in [0.15, 0.2) is 23.1 Å². The average Bonchev–Trinajstić information content (AvgIpc) is 2.03. The van der Waals surface area contributed by atoms with Crippen molar-refractivity contribution in [1.82, 2.24) is 0 Å². The van der Waals surface area contributed by atoms with E-state index in [0.717, 1.165) is 22.3 Å². The Balaban J connectivity index is 2.44. The number of phenolic OH excluding ortho intramolecular Hbond substituents is 1. The van der Waals surface area contributed by atoms with Crippen LogP contribution in [0.1, 0.15) is 0 Å². The van der Waals surface area contributed by atoms with Crippen LogP contribution in [0.3, 0.4) is 0 Å². The lowest BCUT2D eigenvalue weighted by Crippen LogP contribution is -2.15. The maximum atomic E-state index is 11.0. The first-order chi connectivity index (χ1) is 5.75. The van der Waals surface area contributed by atoms with Gasteiger partial charge in [-0.1, -0.05) is 0 Å². The van der Waals surface area contributed by atoms with Crippen LogP contribution in [-0.2, 0) is 4.79 Å². The first-order valence-corrected chi connectivity index (χ1v) is 4.35. The number of rotatable bonds is 0. The van der Waals surface area contributed by atoms with E-state index in [0.29, 0.717) is 6.54 Å². The van der Waals surface area contributed by atoms with E-state index in [4.69, 9.17) is 5.11 Å². The molecule has 0 bridgehead atoms. The molecular weight excluding hydrogens is 174 g/mol. The van der Waals surface area contributed by atoms with Crippen LogP contribution >= 0.6 is 11.8 Å². The summed E-state index contributed by atoms with van der Waals surface area (Å²) in [6, 6.07) is 4.95. The number of benzene rings is 1. The lowest BCUT2D eigenvalue weighted by molar-refractivity contribution is -0.109. The molecule has 0 fully saturated rings. The summed E-state index contributed by atoms with van der Waals surface area (Å²) in [7, 11) is 0. The number of nitrogens with one attached hydrogen (secondary N) is 1. The Labute approximate surface area is 73.8 Å². The van der Waals surface area contributed by atoms with Crippen molar-refractivity contribution < 1.29 is 9.90 Å². The number of aromatic hydroxyl groups is 1. The molecule has 12 heavy (non-hydrogen) atoms. The summed E-state index contributed by atoms with van der Waals surface area (Å²) in [6.07, 6.45) is 0. The Kier molecular flexibility index (Phi) is 1.69. The topological polar surface area (TPSA) is 49.3 Å². The van der Waals surface area contributed by atoms with Gasteiger partial charge in [0.15, 0.2) is 0 Å². The molecule has 0 aromatic heterocycles. The van der Waals surface area contributed by atoms with Gasteiger partial charge in [-0.25, -0.2) is 0 Å². The smallest absolute Gasteiger partial charge is 0.212 e. The molecule has 0 saturated heterocycles. The lowest BCUT2D eigenvalue weighted by Gasteiger charge is -2.15. The SMILES string of the molecule is O=C1CNc2ccc(O)cc2S1. The van der Waals surface area contributed by atoms with Gasteiger partial charge in [0, 0.05) is 10.6 Å². The van der Waals surface area contributed by atoms with Crippen molar-refractivity contribution >= 4 is 22.6 Å². The zero-order chi connectivity index (χ0) is 8.55. The fraction of sp³-hybridized carbons (Fsp3) is 0.125. The van der Waals surface area contributed by atoms with E-state index in [-0.39, 0.29) is 10.9 Å². The Morgan fingerprint density at radius 2 is 2.33 bits per heavy atom. The van der Waals surface area contributed by atoms with Crippen molar-refractivity contribution in [3.63, 3.8) is 0 Å². The highest BCUT2D eigenvalue weighted by atomic mass is 32.2. The summed E-state index contributed by atoms with van der Waals surface area (Å²) in [6.45, 7) is 0.364. The molecule has 1 aliphatic rings. The van der Waals surface area contributed by atoms with Gasteiger partial charge in [-0.15, -0.1) is 0 Å². The van der Waals surface area contributed by atoms with Crippen molar-refractivity contribution in [3.8, 4) is 5.75 Å². The minimum Gasteiger partial charge on any atom is -0.508 e. The van der Waals surface area contributed by atoms with Crippen molar-refractivity contribution in [2.45, 2.75) is 4.90 Å². The number of hydrogen-bond acceptors (Lipinski definition) is 4. The number of phenols is 1. The summed E-state index contributed by atoms with van der Waals surface area (Å²) in [5.41, 5.74) is 0.914. The van der Waals surface area contributed by atoms with E-state index in [9.17, 15) is 4.79 Å². The Bertz CT molecular complexity index is 338. The molecule has 3 nitrogen and oxygen atoms in total. The maximum absolute atomic E-state index is 11.0. The molecule has 1 aliphatic heterocycles. The molecule has 0 spiro atoms. The molecular formula is C8H7NO2S. The highest BCUT2D eigenvalue weighted by molar-refractivity contribution is 8.14. The number of carbonyl (C=O) groups excluding carboxylic acids is 1. The summed E-state index contributed by atoms with van der Waals surface area (Å²) >= 11 is 1.16. The minimum atomic E-state index is 0.0769. The second-order valence-corrected chi connectivity index (χ2v) is 3.61. The highest BCUT2D eigenvalue weighted by Gasteiger charge is 2.15. The molecule has 0 atom stereocenters. The van der Waals surface area contributed by atoms with Crippen molar-refractivity contribution in [1.29, 1.82) is 0 Å². The standard InChI is InChI=1S/C8H7NO2S/c10-5-1-2-6-7(3-5)12-8(11)4-9-6/h1-3,9-10H,4H2. The van der Waals surface area contributed by atoms with Gasteiger partial charge in [0.05, 0.1) is 6.54 Å². The van der Waals surface area contributed by atoms with E-state index in [2.05, 4.69) is 5.32 Å². The number of hydrogen-bond donors (Lipinski definition) is 2. The summed E-state index contributed by atoms with van der Waals surface area (Å²) in [5, 5.41) is 12.2.